The first-order chi connectivity index (χ1) is 11.5. The summed E-state index contributed by atoms with van der Waals surface area (Å²) >= 11 is 6.18. The zero-order chi connectivity index (χ0) is 17.7. The van der Waals surface area contributed by atoms with E-state index in [0.717, 1.165) is 36.5 Å². The van der Waals surface area contributed by atoms with Crippen LogP contribution in [0.15, 0.2) is 30.1 Å². The molecule has 1 aliphatic heterocycles. The molecular formula is C19H31ClN4. The molecule has 3 rings (SSSR count). The summed E-state index contributed by atoms with van der Waals surface area (Å²) in [4.78, 5) is 0. The van der Waals surface area contributed by atoms with Crippen molar-refractivity contribution >= 4 is 11.6 Å². The zero-order valence-corrected chi connectivity index (χ0v) is 15.9. The summed E-state index contributed by atoms with van der Waals surface area (Å²) in [5.74, 6) is 5.70. The maximum atomic E-state index is 6.24. The molecular weight excluding hydrogens is 320 g/mol. The SMILES string of the molecule is CC.CN(N)/C=C(\N)[C@@H]1CC2(CCCc3cc(Cl)ccc32)CCN1. The van der Waals surface area contributed by atoms with E-state index in [4.69, 9.17) is 23.2 Å². The van der Waals surface area contributed by atoms with E-state index >= 15 is 0 Å². The Morgan fingerprint density at radius 1 is 1.38 bits per heavy atom. The molecule has 1 fully saturated rings. The molecule has 1 aliphatic carbocycles. The molecule has 1 aromatic carbocycles. The van der Waals surface area contributed by atoms with Crippen LogP contribution in [-0.2, 0) is 11.8 Å². The first kappa shape index (κ1) is 19.1. The van der Waals surface area contributed by atoms with Crippen molar-refractivity contribution in [1.82, 2.24) is 10.3 Å². The van der Waals surface area contributed by atoms with Gasteiger partial charge in [0.2, 0.25) is 0 Å². The molecule has 2 aliphatic rings. The van der Waals surface area contributed by atoms with Gasteiger partial charge in [0, 0.05) is 30.0 Å². The molecule has 1 aromatic rings. The second kappa shape index (κ2) is 8.24. The topological polar surface area (TPSA) is 67.3 Å². The van der Waals surface area contributed by atoms with E-state index in [2.05, 4.69) is 17.4 Å². The van der Waals surface area contributed by atoms with Gasteiger partial charge in [-0.1, -0.05) is 31.5 Å². The fourth-order valence-electron chi connectivity index (χ4n) is 4.12. The number of hydrogen-bond donors (Lipinski definition) is 3. The molecule has 4 nitrogen and oxygen atoms in total. The van der Waals surface area contributed by atoms with Gasteiger partial charge in [-0.15, -0.1) is 0 Å². The predicted octanol–water partition coefficient (Wildman–Crippen LogP) is 3.30. The maximum Gasteiger partial charge on any atom is 0.0491 e. The van der Waals surface area contributed by atoms with Crippen molar-refractivity contribution in [2.24, 2.45) is 11.6 Å². The third kappa shape index (κ3) is 4.05. The monoisotopic (exact) mass is 350 g/mol. The van der Waals surface area contributed by atoms with Crippen LogP contribution in [0.5, 0.6) is 0 Å². The summed E-state index contributed by atoms with van der Waals surface area (Å²) in [5, 5.41) is 5.90. The van der Waals surface area contributed by atoms with Crippen LogP contribution in [-0.4, -0.2) is 24.6 Å². The first-order valence-corrected chi connectivity index (χ1v) is 9.35. The van der Waals surface area contributed by atoms with Crippen molar-refractivity contribution in [3.8, 4) is 0 Å². The molecule has 1 unspecified atom stereocenters. The molecule has 24 heavy (non-hydrogen) atoms. The lowest BCUT2D eigenvalue weighted by atomic mass is 9.63. The summed E-state index contributed by atoms with van der Waals surface area (Å²) in [7, 11) is 1.80. The molecule has 134 valence electrons. The highest BCUT2D eigenvalue weighted by atomic mass is 35.5. The number of aryl methyl sites for hydroxylation is 1. The lowest BCUT2D eigenvalue weighted by Crippen LogP contribution is -2.50. The van der Waals surface area contributed by atoms with Gasteiger partial charge in [-0.05, 0) is 67.3 Å². The van der Waals surface area contributed by atoms with Gasteiger partial charge < -0.3 is 16.1 Å². The van der Waals surface area contributed by atoms with Gasteiger partial charge >= 0.3 is 0 Å². The van der Waals surface area contributed by atoms with E-state index in [-0.39, 0.29) is 11.5 Å². The van der Waals surface area contributed by atoms with Crippen molar-refractivity contribution in [3.63, 3.8) is 0 Å². The standard InChI is InChI=1S/C17H25ClN4.C2H6/c1-22(20)11-15(19)16-10-17(7-8-21-16)6-2-3-12-9-13(18)4-5-14(12)17;1-2/h4-5,9,11,16,21H,2-3,6-8,10,19-20H2,1H3;1-2H3/b15-11-;/t16-,17?;/m0./s1. The molecule has 5 N–H and O–H groups in total. The highest BCUT2D eigenvalue weighted by Gasteiger charge is 2.41. The molecule has 1 saturated heterocycles. The van der Waals surface area contributed by atoms with Gasteiger partial charge in [0.15, 0.2) is 0 Å². The van der Waals surface area contributed by atoms with Crippen LogP contribution in [0.1, 0.15) is 50.7 Å². The van der Waals surface area contributed by atoms with Gasteiger partial charge in [-0.3, -0.25) is 0 Å². The molecule has 0 saturated carbocycles. The Morgan fingerprint density at radius 2 is 2.12 bits per heavy atom. The number of fused-ring (bicyclic) bond motifs is 2. The molecule has 2 atom stereocenters. The summed E-state index contributed by atoms with van der Waals surface area (Å²) < 4.78 is 0. The maximum absolute atomic E-state index is 6.24. The van der Waals surface area contributed by atoms with Crippen LogP contribution in [0, 0.1) is 0 Å². The van der Waals surface area contributed by atoms with Crippen LogP contribution in [0.4, 0.5) is 0 Å². The summed E-state index contributed by atoms with van der Waals surface area (Å²) in [6.45, 7) is 4.98. The molecule has 0 aromatic heterocycles. The average Bonchev–Trinajstić information content (AvgIpc) is 2.56. The second-order valence-electron chi connectivity index (χ2n) is 6.69. The third-order valence-corrected chi connectivity index (χ3v) is 5.32. The fourth-order valence-corrected chi connectivity index (χ4v) is 4.32. The highest BCUT2D eigenvalue weighted by Crippen LogP contribution is 2.45. The number of nitrogens with one attached hydrogen (secondary N) is 1. The van der Waals surface area contributed by atoms with E-state index in [9.17, 15) is 0 Å². The highest BCUT2D eigenvalue weighted by molar-refractivity contribution is 6.30. The smallest absolute Gasteiger partial charge is 0.0491 e. The Balaban J connectivity index is 0.00000100. The number of nitrogens with zero attached hydrogens (tertiary/aromatic N) is 1. The Kier molecular flexibility index (Phi) is 6.55. The van der Waals surface area contributed by atoms with Crippen molar-refractivity contribution in [1.29, 1.82) is 0 Å². The van der Waals surface area contributed by atoms with E-state index in [1.54, 1.807) is 7.05 Å². The number of benzene rings is 1. The number of hydrogen-bond acceptors (Lipinski definition) is 4. The third-order valence-electron chi connectivity index (χ3n) is 5.08. The average molecular weight is 351 g/mol. The lowest BCUT2D eigenvalue weighted by Gasteiger charge is -2.45. The van der Waals surface area contributed by atoms with Crippen LogP contribution >= 0.6 is 11.6 Å². The predicted molar refractivity (Wildman–Crippen MR) is 103 cm³/mol. The zero-order valence-electron chi connectivity index (χ0n) is 15.1. The summed E-state index contributed by atoms with van der Waals surface area (Å²) in [6, 6.07) is 6.58. The van der Waals surface area contributed by atoms with Crippen LogP contribution in [0.25, 0.3) is 0 Å². The normalized spacial score (nSPS) is 26.4. The number of nitrogens with two attached hydrogens (primary N) is 2. The van der Waals surface area contributed by atoms with Crippen LogP contribution < -0.4 is 16.9 Å². The largest absolute Gasteiger partial charge is 0.400 e. The Morgan fingerprint density at radius 3 is 2.83 bits per heavy atom. The molecule has 1 spiro atoms. The van der Waals surface area contributed by atoms with Gasteiger partial charge in [0.25, 0.3) is 0 Å². The minimum Gasteiger partial charge on any atom is -0.400 e. The van der Waals surface area contributed by atoms with E-state index in [1.165, 1.54) is 29.0 Å². The fraction of sp³-hybridized carbons (Fsp3) is 0.579. The quantitative estimate of drug-likeness (QED) is 0.565. The van der Waals surface area contributed by atoms with Gasteiger partial charge in [0.05, 0.1) is 0 Å². The summed E-state index contributed by atoms with van der Waals surface area (Å²) in [6.07, 6.45) is 7.57. The molecule has 0 bridgehead atoms. The number of piperidine rings is 1. The van der Waals surface area contributed by atoms with Gasteiger partial charge in [-0.25, -0.2) is 5.84 Å². The minimum atomic E-state index is 0.182. The molecule has 5 heteroatoms. The van der Waals surface area contributed by atoms with Crippen molar-refractivity contribution < 1.29 is 0 Å². The van der Waals surface area contributed by atoms with Crippen LogP contribution in [0.3, 0.4) is 0 Å². The first-order valence-electron chi connectivity index (χ1n) is 8.97. The molecule has 0 amide bonds. The van der Waals surface area contributed by atoms with Crippen molar-refractivity contribution in [2.45, 2.75) is 57.4 Å². The van der Waals surface area contributed by atoms with E-state index in [1.807, 2.05) is 26.1 Å². The Labute approximate surface area is 151 Å². The lowest BCUT2D eigenvalue weighted by molar-refractivity contribution is 0.235. The Hall–Kier alpha value is -1.23. The van der Waals surface area contributed by atoms with E-state index in [0.29, 0.717) is 0 Å². The summed E-state index contributed by atoms with van der Waals surface area (Å²) in [5.41, 5.74) is 10.2. The minimum absolute atomic E-state index is 0.182. The van der Waals surface area contributed by atoms with Crippen molar-refractivity contribution in [2.75, 3.05) is 13.6 Å². The Bertz CT molecular complexity index is 585. The molecule has 0 radical (unpaired) electrons. The van der Waals surface area contributed by atoms with Gasteiger partial charge in [0.1, 0.15) is 0 Å². The van der Waals surface area contributed by atoms with Crippen LogP contribution in [0.2, 0.25) is 5.02 Å². The number of halogens is 1. The van der Waals surface area contributed by atoms with E-state index < -0.39 is 0 Å². The second-order valence-corrected chi connectivity index (χ2v) is 7.13. The number of rotatable bonds is 2. The van der Waals surface area contributed by atoms with Gasteiger partial charge in [-0.2, -0.15) is 0 Å². The van der Waals surface area contributed by atoms with Crippen molar-refractivity contribution in [3.05, 3.63) is 46.2 Å². The molecule has 1 heterocycles. The number of hydrazine groups is 1.